The molecule has 0 aromatic carbocycles. The summed E-state index contributed by atoms with van der Waals surface area (Å²) in [6.45, 7) is 2.87. The van der Waals surface area contributed by atoms with Crippen molar-refractivity contribution in [1.82, 2.24) is 15.1 Å². The second-order valence-corrected chi connectivity index (χ2v) is 4.18. The molecule has 0 fully saturated rings. The zero-order chi connectivity index (χ0) is 12.7. The van der Waals surface area contributed by atoms with E-state index in [1.165, 1.54) is 4.90 Å². The van der Waals surface area contributed by atoms with Crippen molar-refractivity contribution in [3.05, 3.63) is 0 Å². The number of carbonyl (C=O) groups is 2. The molecule has 0 aromatic heterocycles. The highest BCUT2D eigenvalue weighted by molar-refractivity contribution is 5.75. The number of amides is 2. The standard InChI is InChI=1S/C10H21N3O3/c1-8(7-12(2)3)11-10(16)13(4)6-5-9(14)15/h8H,5-7H2,1-4H3,(H,11,16)(H,14,15). The molecule has 1 unspecified atom stereocenters. The summed E-state index contributed by atoms with van der Waals surface area (Å²) in [5, 5.41) is 11.3. The maximum atomic E-state index is 11.6. The average molecular weight is 231 g/mol. The smallest absolute Gasteiger partial charge is 0.317 e. The van der Waals surface area contributed by atoms with E-state index in [9.17, 15) is 9.59 Å². The molecule has 0 aliphatic rings. The number of nitrogens with one attached hydrogen (secondary N) is 1. The van der Waals surface area contributed by atoms with Crippen LogP contribution in [0.15, 0.2) is 0 Å². The second-order valence-electron chi connectivity index (χ2n) is 4.18. The molecule has 0 rings (SSSR count). The van der Waals surface area contributed by atoms with Crippen molar-refractivity contribution in [1.29, 1.82) is 0 Å². The van der Waals surface area contributed by atoms with Crippen LogP contribution in [0.25, 0.3) is 0 Å². The Labute approximate surface area is 96.2 Å². The van der Waals surface area contributed by atoms with Crippen LogP contribution in [-0.4, -0.2) is 67.2 Å². The average Bonchev–Trinajstić information content (AvgIpc) is 2.12. The van der Waals surface area contributed by atoms with Gasteiger partial charge in [0, 0.05) is 26.2 Å². The van der Waals surface area contributed by atoms with Gasteiger partial charge in [0.15, 0.2) is 0 Å². The van der Waals surface area contributed by atoms with Crippen molar-refractivity contribution in [2.75, 3.05) is 34.2 Å². The molecule has 16 heavy (non-hydrogen) atoms. The largest absolute Gasteiger partial charge is 0.481 e. The third kappa shape index (κ3) is 7.05. The Morgan fingerprint density at radius 1 is 1.31 bits per heavy atom. The summed E-state index contributed by atoms with van der Waals surface area (Å²) in [5.41, 5.74) is 0. The first-order valence-corrected chi connectivity index (χ1v) is 5.21. The minimum atomic E-state index is -0.902. The molecule has 2 amide bonds. The van der Waals surface area contributed by atoms with Crippen LogP contribution in [0.5, 0.6) is 0 Å². The number of carboxylic acid groups (broad SMARTS) is 1. The van der Waals surface area contributed by atoms with Crippen molar-refractivity contribution in [3.63, 3.8) is 0 Å². The SMILES string of the molecule is CC(CN(C)C)NC(=O)N(C)CCC(=O)O. The molecule has 0 aliphatic heterocycles. The van der Waals surface area contributed by atoms with Crippen LogP contribution in [0.3, 0.4) is 0 Å². The summed E-state index contributed by atoms with van der Waals surface area (Å²) in [7, 11) is 5.44. The van der Waals surface area contributed by atoms with Crippen LogP contribution in [0.4, 0.5) is 4.79 Å². The quantitative estimate of drug-likeness (QED) is 0.677. The van der Waals surface area contributed by atoms with Gasteiger partial charge in [-0.25, -0.2) is 4.79 Å². The Balaban J connectivity index is 3.90. The van der Waals surface area contributed by atoms with Gasteiger partial charge in [-0.1, -0.05) is 0 Å². The molecule has 0 heterocycles. The number of hydrogen-bond donors (Lipinski definition) is 2. The third-order valence-electron chi connectivity index (χ3n) is 2.02. The first-order chi connectivity index (χ1) is 7.32. The summed E-state index contributed by atoms with van der Waals surface area (Å²) in [4.78, 5) is 25.2. The molecule has 0 saturated heterocycles. The molecule has 6 nitrogen and oxygen atoms in total. The van der Waals surface area contributed by atoms with Crippen molar-refractivity contribution in [3.8, 4) is 0 Å². The fourth-order valence-corrected chi connectivity index (χ4v) is 1.28. The molecule has 1 atom stereocenters. The lowest BCUT2D eigenvalue weighted by Crippen LogP contribution is -2.46. The molecule has 0 bridgehead atoms. The van der Waals surface area contributed by atoms with E-state index in [2.05, 4.69) is 5.32 Å². The van der Waals surface area contributed by atoms with Gasteiger partial charge in [-0.3, -0.25) is 4.79 Å². The minimum Gasteiger partial charge on any atom is -0.481 e. The Hall–Kier alpha value is -1.30. The predicted molar refractivity (Wildman–Crippen MR) is 61.4 cm³/mol. The fraction of sp³-hybridized carbons (Fsp3) is 0.800. The van der Waals surface area contributed by atoms with Crippen LogP contribution < -0.4 is 5.32 Å². The van der Waals surface area contributed by atoms with Crippen LogP contribution in [0.2, 0.25) is 0 Å². The topological polar surface area (TPSA) is 72.9 Å². The summed E-state index contributed by atoms with van der Waals surface area (Å²) in [6, 6.07) is -0.203. The lowest BCUT2D eigenvalue weighted by molar-refractivity contribution is -0.137. The number of carboxylic acids is 1. The van der Waals surface area contributed by atoms with Gasteiger partial charge in [-0.05, 0) is 21.0 Å². The van der Waals surface area contributed by atoms with E-state index in [-0.39, 0.29) is 25.0 Å². The number of carbonyl (C=O) groups excluding carboxylic acids is 1. The van der Waals surface area contributed by atoms with E-state index in [1.54, 1.807) is 7.05 Å². The lowest BCUT2D eigenvalue weighted by atomic mass is 10.3. The van der Waals surface area contributed by atoms with Crippen molar-refractivity contribution in [2.45, 2.75) is 19.4 Å². The first kappa shape index (κ1) is 14.7. The first-order valence-electron chi connectivity index (χ1n) is 5.21. The van der Waals surface area contributed by atoms with E-state index >= 15 is 0 Å². The zero-order valence-electron chi connectivity index (χ0n) is 10.4. The summed E-state index contributed by atoms with van der Waals surface area (Å²) >= 11 is 0. The predicted octanol–water partition coefficient (Wildman–Crippen LogP) is 0.0526. The second kappa shape index (κ2) is 7.05. The van der Waals surface area contributed by atoms with E-state index in [0.717, 1.165) is 6.54 Å². The van der Waals surface area contributed by atoms with E-state index in [1.807, 2.05) is 25.9 Å². The maximum Gasteiger partial charge on any atom is 0.317 e. The van der Waals surface area contributed by atoms with Gasteiger partial charge >= 0.3 is 12.0 Å². The molecule has 0 spiro atoms. The summed E-state index contributed by atoms with van der Waals surface area (Å²) in [6.07, 6.45) is -0.0357. The number of hydrogen-bond acceptors (Lipinski definition) is 3. The minimum absolute atomic E-state index is 0.0357. The highest BCUT2D eigenvalue weighted by Crippen LogP contribution is 1.92. The number of likely N-dealkylation sites (N-methyl/N-ethyl adjacent to an activating group) is 1. The Morgan fingerprint density at radius 2 is 1.88 bits per heavy atom. The van der Waals surface area contributed by atoms with Crippen LogP contribution >= 0.6 is 0 Å². The zero-order valence-corrected chi connectivity index (χ0v) is 10.4. The van der Waals surface area contributed by atoms with E-state index in [4.69, 9.17) is 5.11 Å². The Morgan fingerprint density at radius 3 is 2.31 bits per heavy atom. The summed E-state index contributed by atoms with van der Waals surface area (Å²) in [5.74, 6) is -0.902. The monoisotopic (exact) mass is 231 g/mol. The Kier molecular flexibility index (Phi) is 6.48. The molecule has 0 saturated carbocycles. The summed E-state index contributed by atoms with van der Waals surface area (Å²) < 4.78 is 0. The number of rotatable bonds is 6. The number of aliphatic carboxylic acids is 1. The molecule has 0 radical (unpaired) electrons. The van der Waals surface area contributed by atoms with Crippen molar-refractivity contribution >= 4 is 12.0 Å². The molecular weight excluding hydrogens is 210 g/mol. The van der Waals surface area contributed by atoms with Crippen molar-refractivity contribution < 1.29 is 14.7 Å². The normalized spacial score (nSPS) is 12.3. The molecule has 94 valence electrons. The Bertz CT molecular complexity index is 243. The third-order valence-corrected chi connectivity index (χ3v) is 2.02. The van der Waals surface area contributed by atoms with Gasteiger partial charge in [0.2, 0.25) is 0 Å². The molecule has 2 N–H and O–H groups in total. The van der Waals surface area contributed by atoms with Gasteiger partial charge in [0.25, 0.3) is 0 Å². The van der Waals surface area contributed by atoms with Gasteiger partial charge in [-0.15, -0.1) is 0 Å². The van der Waals surface area contributed by atoms with Crippen molar-refractivity contribution in [2.24, 2.45) is 0 Å². The van der Waals surface area contributed by atoms with Gasteiger partial charge in [0.05, 0.1) is 6.42 Å². The van der Waals surface area contributed by atoms with Crippen LogP contribution in [-0.2, 0) is 4.79 Å². The van der Waals surface area contributed by atoms with E-state index < -0.39 is 5.97 Å². The molecule has 0 aromatic rings. The van der Waals surface area contributed by atoms with Gasteiger partial charge < -0.3 is 20.2 Å². The van der Waals surface area contributed by atoms with Crippen LogP contribution in [0, 0.1) is 0 Å². The fourth-order valence-electron chi connectivity index (χ4n) is 1.28. The van der Waals surface area contributed by atoms with Gasteiger partial charge in [0.1, 0.15) is 0 Å². The number of urea groups is 1. The highest BCUT2D eigenvalue weighted by atomic mass is 16.4. The lowest BCUT2D eigenvalue weighted by Gasteiger charge is -2.22. The molecular formula is C10H21N3O3. The molecule has 0 aliphatic carbocycles. The molecule has 6 heteroatoms. The van der Waals surface area contributed by atoms with E-state index in [0.29, 0.717) is 0 Å². The highest BCUT2D eigenvalue weighted by Gasteiger charge is 2.12. The van der Waals surface area contributed by atoms with Gasteiger partial charge in [-0.2, -0.15) is 0 Å². The van der Waals surface area contributed by atoms with Crippen LogP contribution in [0.1, 0.15) is 13.3 Å². The maximum absolute atomic E-state index is 11.6. The number of nitrogens with zero attached hydrogens (tertiary/aromatic N) is 2.